The molecule has 0 bridgehead atoms. The van der Waals surface area contributed by atoms with Crippen LogP contribution in [0.5, 0.6) is 0 Å². The minimum atomic E-state index is -5.04. The molecule has 0 aromatic heterocycles. The van der Waals surface area contributed by atoms with Crippen molar-refractivity contribution in [3.63, 3.8) is 0 Å². The van der Waals surface area contributed by atoms with Crippen LogP contribution in [-0.4, -0.2) is 47.0 Å². The summed E-state index contributed by atoms with van der Waals surface area (Å²) in [5.74, 6) is -1.07. The number of sulfone groups is 1. The van der Waals surface area contributed by atoms with Gasteiger partial charge < -0.3 is 10.0 Å². The van der Waals surface area contributed by atoms with Crippen LogP contribution in [0.1, 0.15) is 28.8 Å². The van der Waals surface area contributed by atoms with Crippen LogP contribution in [0.2, 0.25) is 0 Å². The van der Waals surface area contributed by atoms with E-state index in [-0.39, 0.29) is 23.3 Å². The maximum Gasteiger partial charge on any atom is 0.417 e. The highest BCUT2D eigenvalue weighted by atomic mass is 32.2. The van der Waals surface area contributed by atoms with Crippen molar-refractivity contribution in [1.29, 1.82) is 0 Å². The van der Waals surface area contributed by atoms with Crippen LogP contribution in [0.25, 0.3) is 0 Å². The van der Waals surface area contributed by atoms with Gasteiger partial charge in [-0.1, -0.05) is 18.2 Å². The molecule has 38 heavy (non-hydrogen) atoms. The number of benzene rings is 3. The first-order valence-electron chi connectivity index (χ1n) is 11.4. The number of hydrogen-bond acceptors (Lipinski definition) is 6. The van der Waals surface area contributed by atoms with Crippen molar-refractivity contribution in [3.05, 3.63) is 83.9 Å². The molecule has 1 aliphatic heterocycles. The number of nitrogens with one attached hydrogen (secondary N) is 1. The molecule has 1 fully saturated rings. The fraction of sp³-hybridized carbons (Fsp3) is 0.240. The summed E-state index contributed by atoms with van der Waals surface area (Å²) < 4.78 is 95.8. The van der Waals surface area contributed by atoms with Crippen LogP contribution in [-0.2, 0) is 26.0 Å². The summed E-state index contributed by atoms with van der Waals surface area (Å²) >= 11 is 0. The molecule has 0 unspecified atom stereocenters. The second-order valence-electron chi connectivity index (χ2n) is 8.71. The number of aromatic carboxylic acids is 1. The highest BCUT2D eigenvalue weighted by Gasteiger charge is 2.39. The number of halogens is 3. The number of sulfonamides is 1. The summed E-state index contributed by atoms with van der Waals surface area (Å²) in [5.41, 5.74) is -0.615. The average molecular weight is 569 g/mol. The Kier molecular flexibility index (Phi) is 7.55. The average Bonchev–Trinajstić information content (AvgIpc) is 2.88. The van der Waals surface area contributed by atoms with Gasteiger partial charge in [0.15, 0.2) is 0 Å². The lowest BCUT2D eigenvalue weighted by molar-refractivity contribution is -0.139. The van der Waals surface area contributed by atoms with Crippen LogP contribution in [0, 0.1) is 0 Å². The number of carboxylic acids is 1. The van der Waals surface area contributed by atoms with E-state index in [4.69, 9.17) is 5.11 Å². The van der Waals surface area contributed by atoms with E-state index in [0.29, 0.717) is 25.2 Å². The van der Waals surface area contributed by atoms with Crippen molar-refractivity contribution in [1.82, 2.24) is 4.72 Å². The van der Waals surface area contributed by atoms with Gasteiger partial charge in [0.2, 0.25) is 19.9 Å². The van der Waals surface area contributed by atoms with E-state index in [2.05, 4.69) is 4.72 Å². The Morgan fingerprint density at radius 3 is 2.03 bits per heavy atom. The zero-order valence-corrected chi connectivity index (χ0v) is 21.4. The first-order chi connectivity index (χ1) is 17.8. The zero-order chi connectivity index (χ0) is 27.7. The molecule has 13 heteroatoms. The molecule has 0 amide bonds. The van der Waals surface area contributed by atoms with E-state index in [1.807, 2.05) is 4.90 Å². The largest absolute Gasteiger partial charge is 0.478 e. The smallest absolute Gasteiger partial charge is 0.417 e. The van der Waals surface area contributed by atoms with Gasteiger partial charge in [-0.25, -0.2) is 26.4 Å². The molecular formula is C25H23F3N2O6S2. The van der Waals surface area contributed by atoms with Crippen molar-refractivity contribution in [3.8, 4) is 0 Å². The number of nitrogens with zero attached hydrogens (tertiary/aromatic N) is 1. The molecule has 8 nitrogen and oxygen atoms in total. The molecule has 0 saturated carbocycles. The number of alkyl halides is 3. The summed E-state index contributed by atoms with van der Waals surface area (Å²) in [6.45, 7) is 0.738. The second kappa shape index (κ2) is 10.4. The third-order valence-corrected chi connectivity index (χ3v) is 9.54. The predicted molar refractivity (Wildman–Crippen MR) is 132 cm³/mol. The Bertz CT molecular complexity index is 1530. The Hall–Kier alpha value is -3.42. The normalized spacial score (nSPS) is 15.4. The van der Waals surface area contributed by atoms with Gasteiger partial charge in [0.1, 0.15) is 0 Å². The van der Waals surface area contributed by atoms with Gasteiger partial charge >= 0.3 is 12.1 Å². The van der Waals surface area contributed by atoms with Gasteiger partial charge in [-0.15, -0.1) is 0 Å². The van der Waals surface area contributed by atoms with E-state index >= 15 is 0 Å². The topological polar surface area (TPSA) is 121 Å². The summed E-state index contributed by atoms with van der Waals surface area (Å²) in [6.07, 6.45) is -4.50. The van der Waals surface area contributed by atoms with Crippen LogP contribution in [0.3, 0.4) is 0 Å². The quantitative estimate of drug-likeness (QED) is 0.439. The number of rotatable bonds is 7. The maximum atomic E-state index is 13.7. The van der Waals surface area contributed by atoms with Gasteiger partial charge in [-0.2, -0.15) is 13.2 Å². The molecular weight excluding hydrogens is 545 g/mol. The molecule has 1 heterocycles. The van der Waals surface area contributed by atoms with Gasteiger partial charge in [0, 0.05) is 24.8 Å². The molecule has 1 saturated heterocycles. The zero-order valence-electron chi connectivity index (χ0n) is 19.7. The second-order valence-corrected chi connectivity index (χ2v) is 12.3. The predicted octanol–water partition coefficient (Wildman–Crippen LogP) is 4.18. The van der Waals surface area contributed by atoms with Crippen LogP contribution in [0.15, 0.2) is 87.5 Å². The Labute approximate surface area is 217 Å². The lowest BCUT2D eigenvalue weighted by Crippen LogP contribution is -2.45. The molecule has 3 aromatic rings. The summed E-state index contributed by atoms with van der Waals surface area (Å²) in [5, 5.41) is 9.03. The molecule has 2 N–H and O–H groups in total. The van der Waals surface area contributed by atoms with Gasteiger partial charge in [0.25, 0.3) is 0 Å². The number of hydrogen-bond donors (Lipinski definition) is 2. The van der Waals surface area contributed by atoms with Crippen molar-refractivity contribution in [2.75, 3.05) is 18.0 Å². The van der Waals surface area contributed by atoms with E-state index in [1.165, 1.54) is 36.4 Å². The number of carboxylic acid groups (broad SMARTS) is 1. The molecule has 0 aliphatic carbocycles. The number of piperidine rings is 1. The number of carbonyl (C=O) groups is 1. The van der Waals surface area contributed by atoms with Gasteiger partial charge in [-0.3, -0.25) is 0 Å². The summed E-state index contributed by atoms with van der Waals surface area (Å²) in [6, 6.07) is 14.2. The minimum Gasteiger partial charge on any atom is -0.478 e. The van der Waals surface area contributed by atoms with Gasteiger partial charge in [-0.05, 0) is 67.4 Å². The van der Waals surface area contributed by atoms with E-state index < -0.39 is 53.4 Å². The highest BCUT2D eigenvalue weighted by molar-refractivity contribution is 7.91. The fourth-order valence-corrected chi connectivity index (χ4v) is 7.15. The molecule has 0 spiro atoms. The maximum absolute atomic E-state index is 13.7. The third kappa shape index (κ3) is 5.84. The van der Waals surface area contributed by atoms with E-state index in [9.17, 15) is 34.8 Å². The summed E-state index contributed by atoms with van der Waals surface area (Å²) in [4.78, 5) is 11.0. The molecule has 1 aliphatic rings. The molecule has 202 valence electrons. The molecule has 3 aromatic carbocycles. The van der Waals surface area contributed by atoms with Crippen LogP contribution < -0.4 is 9.62 Å². The first-order valence-corrected chi connectivity index (χ1v) is 14.4. The first kappa shape index (κ1) is 27.6. The lowest BCUT2D eigenvalue weighted by Gasteiger charge is -2.34. The fourth-order valence-electron chi connectivity index (χ4n) is 4.22. The van der Waals surface area contributed by atoms with E-state index in [1.54, 1.807) is 18.2 Å². The summed E-state index contributed by atoms with van der Waals surface area (Å²) in [7, 11) is -9.02. The highest BCUT2D eigenvalue weighted by Crippen LogP contribution is 2.36. The van der Waals surface area contributed by atoms with Crippen molar-refractivity contribution in [2.24, 2.45) is 0 Å². The molecule has 0 radical (unpaired) electrons. The lowest BCUT2D eigenvalue weighted by atomic mass is 10.1. The Balaban J connectivity index is 1.57. The SMILES string of the molecule is O=C(O)c1ccc(N2CCC(NS(=O)(=O)c3cc(S(=O)(=O)c4ccccc4)ccc3C(F)(F)F)CC2)cc1. The minimum absolute atomic E-state index is 0.119. The van der Waals surface area contributed by atoms with Crippen LogP contribution >= 0.6 is 0 Å². The van der Waals surface area contributed by atoms with E-state index in [0.717, 1.165) is 11.8 Å². The standard InChI is InChI=1S/C25H23F3N2O6S2/c26-25(27,28)22-11-10-21(37(33,34)20-4-2-1-3-5-20)16-23(22)38(35,36)29-18-12-14-30(15-13-18)19-8-6-17(7-9-19)24(31)32/h1-11,16,18,29H,12-15H2,(H,31,32). The third-order valence-electron chi connectivity index (χ3n) is 6.21. The molecule has 4 rings (SSSR count). The van der Waals surface area contributed by atoms with Gasteiger partial charge in [0.05, 0.1) is 25.8 Å². The van der Waals surface area contributed by atoms with Crippen molar-refractivity contribution < 1.29 is 39.9 Å². The van der Waals surface area contributed by atoms with Crippen LogP contribution in [0.4, 0.5) is 18.9 Å². The Morgan fingerprint density at radius 2 is 1.47 bits per heavy atom. The monoisotopic (exact) mass is 568 g/mol. The molecule has 0 atom stereocenters. The number of anilines is 1. The van der Waals surface area contributed by atoms with Crippen molar-refractivity contribution in [2.45, 2.75) is 39.7 Å². The Morgan fingerprint density at radius 1 is 0.868 bits per heavy atom. The van der Waals surface area contributed by atoms with Crippen molar-refractivity contribution >= 4 is 31.5 Å².